The Labute approximate surface area is 125 Å². The summed E-state index contributed by atoms with van der Waals surface area (Å²) in [5, 5.41) is 8.97. The first-order valence-electron chi connectivity index (χ1n) is 6.63. The first-order valence-corrected chi connectivity index (χ1v) is 6.63. The molecule has 1 aromatic carbocycles. The molecule has 0 amide bonds. The number of carboxylic acid groups (broad SMARTS) is 1. The number of hydrogen-bond donors (Lipinski definition) is 1. The molecule has 0 aromatic heterocycles. The Bertz CT molecular complexity index is 464. The summed E-state index contributed by atoms with van der Waals surface area (Å²) in [6.07, 6.45) is 0. The van der Waals surface area contributed by atoms with Crippen LogP contribution in [0.3, 0.4) is 0 Å². The largest absolute Gasteiger partial charge is 0.496 e. The second-order valence-corrected chi connectivity index (χ2v) is 4.95. The molecule has 1 rings (SSSR count). The van der Waals surface area contributed by atoms with Gasteiger partial charge in [0, 0.05) is 25.2 Å². The molecule has 0 saturated carbocycles. The third-order valence-electron chi connectivity index (χ3n) is 3.25. The summed E-state index contributed by atoms with van der Waals surface area (Å²) in [5.74, 6) is 0.705. The summed E-state index contributed by atoms with van der Waals surface area (Å²) in [6, 6.07) is 3.57. The summed E-state index contributed by atoms with van der Waals surface area (Å²) in [4.78, 5) is 12.8. The molecular weight excluding hydrogens is 274 g/mol. The second kappa shape index (κ2) is 7.73. The molecule has 0 saturated heterocycles. The van der Waals surface area contributed by atoms with Crippen molar-refractivity contribution in [1.82, 2.24) is 4.90 Å². The Balaban J connectivity index is 2.98. The molecule has 1 aromatic rings. The summed E-state index contributed by atoms with van der Waals surface area (Å²) in [7, 11) is 6.60. The highest BCUT2D eigenvalue weighted by atomic mass is 16.5. The molecular formula is C15H23NO5. The fourth-order valence-corrected chi connectivity index (χ4v) is 2.11. The van der Waals surface area contributed by atoms with Crippen LogP contribution in [0.5, 0.6) is 17.2 Å². The van der Waals surface area contributed by atoms with Crippen LogP contribution >= 0.6 is 0 Å². The third-order valence-corrected chi connectivity index (χ3v) is 3.25. The maximum Gasteiger partial charge on any atom is 0.307 e. The molecule has 0 heterocycles. The SMILES string of the molecule is COc1cc(OC)c(CN(C)CC(C)C(=O)O)c(OC)c1. The van der Waals surface area contributed by atoms with Crippen molar-refractivity contribution < 1.29 is 24.1 Å². The molecule has 118 valence electrons. The number of benzene rings is 1. The Morgan fingerprint density at radius 2 is 1.71 bits per heavy atom. The zero-order valence-electron chi connectivity index (χ0n) is 13.2. The van der Waals surface area contributed by atoms with Gasteiger partial charge in [-0.1, -0.05) is 6.92 Å². The first kappa shape index (κ1) is 17.1. The van der Waals surface area contributed by atoms with E-state index in [-0.39, 0.29) is 0 Å². The lowest BCUT2D eigenvalue weighted by atomic mass is 10.1. The van der Waals surface area contributed by atoms with Gasteiger partial charge in [-0.3, -0.25) is 4.79 Å². The number of hydrogen-bond acceptors (Lipinski definition) is 5. The van der Waals surface area contributed by atoms with Crippen LogP contribution in [0.15, 0.2) is 12.1 Å². The van der Waals surface area contributed by atoms with Crippen LogP contribution in [0.25, 0.3) is 0 Å². The van der Waals surface area contributed by atoms with E-state index in [1.807, 2.05) is 11.9 Å². The zero-order valence-corrected chi connectivity index (χ0v) is 13.2. The smallest absolute Gasteiger partial charge is 0.307 e. The van der Waals surface area contributed by atoms with E-state index in [1.54, 1.807) is 40.4 Å². The lowest BCUT2D eigenvalue weighted by Crippen LogP contribution is -2.28. The number of nitrogens with zero attached hydrogens (tertiary/aromatic N) is 1. The Hall–Kier alpha value is -1.95. The fourth-order valence-electron chi connectivity index (χ4n) is 2.11. The van der Waals surface area contributed by atoms with Crippen LogP contribution in [-0.2, 0) is 11.3 Å². The van der Waals surface area contributed by atoms with Crippen molar-refractivity contribution in [3.8, 4) is 17.2 Å². The fraction of sp³-hybridized carbons (Fsp3) is 0.533. The van der Waals surface area contributed by atoms with Crippen LogP contribution in [0.2, 0.25) is 0 Å². The summed E-state index contributed by atoms with van der Waals surface area (Å²) in [6.45, 7) is 2.64. The number of aliphatic carboxylic acids is 1. The van der Waals surface area contributed by atoms with Crippen molar-refractivity contribution in [2.45, 2.75) is 13.5 Å². The van der Waals surface area contributed by atoms with E-state index in [0.717, 1.165) is 5.56 Å². The number of carboxylic acids is 1. The van der Waals surface area contributed by atoms with Gasteiger partial charge in [0.05, 0.1) is 32.8 Å². The lowest BCUT2D eigenvalue weighted by molar-refractivity contribution is -0.141. The van der Waals surface area contributed by atoms with Crippen molar-refractivity contribution in [1.29, 1.82) is 0 Å². The first-order chi connectivity index (χ1) is 9.92. The van der Waals surface area contributed by atoms with Gasteiger partial charge in [0.15, 0.2) is 0 Å². The van der Waals surface area contributed by atoms with Gasteiger partial charge in [-0.2, -0.15) is 0 Å². The van der Waals surface area contributed by atoms with Gasteiger partial charge in [0.1, 0.15) is 17.2 Å². The van der Waals surface area contributed by atoms with Crippen LogP contribution in [0, 0.1) is 5.92 Å². The van der Waals surface area contributed by atoms with E-state index in [2.05, 4.69) is 0 Å². The van der Waals surface area contributed by atoms with Gasteiger partial charge in [-0.15, -0.1) is 0 Å². The van der Waals surface area contributed by atoms with Gasteiger partial charge in [-0.05, 0) is 7.05 Å². The average molecular weight is 297 g/mol. The van der Waals surface area contributed by atoms with E-state index in [1.165, 1.54) is 0 Å². The highest BCUT2D eigenvalue weighted by molar-refractivity contribution is 5.69. The molecule has 6 heteroatoms. The minimum Gasteiger partial charge on any atom is -0.496 e. The number of rotatable bonds is 8. The molecule has 0 fully saturated rings. The molecule has 1 N–H and O–H groups in total. The highest BCUT2D eigenvalue weighted by Gasteiger charge is 2.18. The summed E-state index contributed by atoms with van der Waals surface area (Å²) >= 11 is 0. The predicted octanol–water partition coefficient (Wildman–Crippen LogP) is 1.86. The van der Waals surface area contributed by atoms with E-state index in [9.17, 15) is 4.79 Å². The van der Waals surface area contributed by atoms with Crippen LogP contribution < -0.4 is 14.2 Å². The van der Waals surface area contributed by atoms with Crippen LogP contribution in [0.1, 0.15) is 12.5 Å². The van der Waals surface area contributed by atoms with Gasteiger partial charge in [0.25, 0.3) is 0 Å². The monoisotopic (exact) mass is 297 g/mol. The van der Waals surface area contributed by atoms with Crippen molar-refractivity contribution in [2.24, 2.45) is 5.92 Å². The minimum atomic E-state index is -0.810. The second-order valence-electron chi connectivity index (χ2n) is 4.95. The minimum absolute atomic E-state index is 0.438. The molecule has 0 aliphatic carbocycles. The maximum absolute atomic E-state index is 10.9. The molecule has 1 unspecified atom stereocenters. The molecule has 0 bridgehead atoms. The van der Waals surface area contributed by atoms with Gasteiger partial charge >= 0.3 is 5.97 Å². The van der Waals surface area contributed by atoms with E-state index < -0.39 is 11.9 Å². The Morgan fingerprint density at radius 1 is 1.19 bits per heavy atom. The van der Waals surface area contributed by atoms with Gasteiger partial charge in [-0.25, -0.2) is 0 Å². The van der Waals surface area contributed by atoms with Crippen molar-refractivity contribution in [3.63, 3.8) is 0 Å². The standard InChI is InChI=1S/C15H23NO5/c1-10(15(17)18)8-16(2)9-12-13(20-4)6-11(19-3)7-14(12)21-5/h6-7,10H,8-9H2,1-5H3,(H,17,18). The van der Waals surface area contributed by atoms with Crippen LogP contribution in [0.4, 0.5) is 0 Å². The van der Waals surface area contributed by atoms with Gasteiger partial charge in [0.2, 0.25) is 0 Å². The van der Waals surface area contributed by atoms with E-state index in [4.69, 9.17) is 19.3 Å². The van der Waals surface area contributed by atoms with Crippen molar-refractivity contribution in [3.05, 3.63) is 17.7 Å². The quantitative estimate of drug-likeness (QED) is 0.790. The van der Waals surface area contributed by atoms with E-state index >= 15 is 0 Å². The average Bonchev–Trinajstić information content (AvgIpc) is 2.46. The van der Waals surface area contributed by atoms with Crippen LogP contribution in [-0.4, -0.2) is 50.9 Å². The summed E-state index contributed by atoms with van der Waals surface area (Å²) < 4.78 is 16.0. The third kappa shape index (κ3) is 4.53. The normalized spacial score (nSPS) is 12.1. The number of methoxy groups -OCH3 is 3. The van der Waals surface area contributed by atoms with Crippen molar-refractivity contribution >= 4 is 5.97 Å². The maximum atomic E-state index is 10.9. The zero-order chi connectivity index (χ0) is 16.0. The number of ether oxygens (including phenoxy) is 3. The molecule has 0 radical (unpaired) electrons. The molecule has 0 aliphatic rings. The molecule has 0 aliphatic heterocycles. The topological polar surface area (TPSA) is 68.2 Å². The summed E-state index contributed by atoms with van der Waals surface area (Å²) in [5.41, 5.74) is 0.862. The molecule has 0 spiro atoms. The molecule has 6 nitrogen and oxygen atoms in total. The lowest BCUT2D eigenvalue weighted by Gasteiger charge is -2.22. The molecule has 21 heavy (non-hydrogen) atoms. The number of carbonyl (C=O) groups is 1. The Kier molecular flexibility index (Phi) is 6.30. The molecule has 1 atom stereocenters. The van der Waals surface area contributed by atoms with Crippen molar-refractivity contribution in [2.75, 3.05) is 34.9 Å². The predicted molar refractivity (Wildman–Crippen MR) is 79.2 cm³/mol. The van der Waals surface area contributed by atoms with E-state index in [0.29, 0.717) is 30.3 Å². The Morgan fingerprint density at radius 3 is 2.10 bits per heavy atom. The van der Waals surface area contributed by atoms with Gasteiger partial charge < -0.3 is 24.2 Å². The highest BCUT2D eigenvalue weighted by Crippen LogP contribution is 2.34.